The van der Waals surface area contributed by atoms with Crippen LogP contribution >= 0.6 is 11.6 Å². The van der Waals surface area contributed by atoms with Crippen molar-refractivity contribution in [2.75, 3.05) is 20.1 Å². The molecule has 0 spiro atoms. The number of nitrogens with zero attached hydrogens (tertiary/aromatic N) is 1. The SMILES string of the molecule is CCCNC(C)C(C)(C)CN(C)Cc1ccc(Cl)cc1. The van der Waals surface area contributed by atoms with Gasteiger partial charge in [-0.05, 0) is 50.0 Å². The summed E-state index contributed by atoms with van der Waals surface area (Å²) in [5.41, 5.74) is 1.55. The van der Waals surface area contributed by atoms with Gasteiger partial charge in [0.15, 0.2) is 0 Å². The molecule has 0 amide bonds. The van der Waals surface area contributed by atoms with Crippen LogP contribution in [0.5, 0.6) is 0 Å². The van der Waals surface area contributed by atoms with Gasteiger partial charge in [0, 0.05) is 24.2 Å². The van der Waals surface area contributed by atoms with Gasteiger partial charge >= 0.3 is 0 Å². The first kappa shape index (κ1) is 17.5. The van der Waals surface area contributed by atoms with Crippen LogP contribution in [0.15, 0.2) is 24.3 Å². The highest BCUT2D eigenvalue weighted by Gasteiger charge is 2.26. The van der Waals surface area contributed by atoms with Gasteiger partial charge < -0.3 is 10.2 Å². The van der Waals surface area contributed by atoms with E-state index in [1.54, 1.807) is 0 Å². The van der Waals surface area contributed by atoms with E-state index in [2.05, 4.69) is 57.1 Å². The van der Waals surface area contributed by atoms with E-state index in [4.69, 9.17) is 11.6 Å². The summed E-state index contributed by atoms with van der Waals surface area (Å²) in [5.74, 6) is 0. The fourth-order valence-corrected chi connectivity index (χ4v) is 2.55. The Balaban J connectivity index is 2.51. The van der Waals surface area contributed by atoms with E-state index in [-0.39, 0.29) is 5.41 Å². The molecule has 0 aromatic heterocycles. The first-order chi connectivity index (χ1) is 9.35. The van der Waals surface area contributed by atoms with Crippen LogP contribution in [0.3, 0.4) is 0 Å². The first-order valence-corrected chi connectivity index (χ1v) is 7.89. The fraction of sp³-hybridized carbons (Fsp3) is 0.647. The molecule has 0 saturated heterocycles. The minimum atomic E-state index is 0.246. The molecule has 1 aromatic rings. The van der Waals surface area contributed by atoms with Crippen LogP contribution in [0.25, 0.3) is 0 Å². The summed E-state index contributed by atoms with van der Waals surface area (Å²) in [6, 6.07) is 8.63. The summed E-state index contributed by atoms with van der Waals surface area (Å²) >= 11 is 5.92. The normalized spacial score (nSPS) is 13.8. The lowest BCUT2D eigenvalue weighted by Crippen LogP contribution is -2.46. The first-order valence-electron chi connectivity index (χ1n) is 7.51. The summed E-state index contributed by atoms with van der Waals surface area (Å²) in [6.07, 6.45) is 1.18. The van der Waals surface area contributed by atoms with Crippen LogP contribution in [-0.4, -0.2) is 31.1 Å². The van der Waals surface area contributed by atoms with E-state index in [0.717, 1.165) is 24.7 Å². The lowest BCUT2D eigenvalue weighted by Gasteiger charge is -2.36. The van der Waals surface area contributed by atoms with Gasteiger partial charge in [0.2, 0.25) is 0 Å². The van der Waals surface area contributed by atoms with E-state index in [9.17, 15) is 0 Å². The van der Waals surface area contributed by atoms with Crippen molar-refractivity contribution in [1.82, 2.24) is 10.2 Å². The number of halogens is 1. The van der Waals surface area contributed by atoms with Crippen LogP contribution in [-0.2, 0) is 6.54 Å². The molecule has 0 aliphatic carbocycles. The molecule has 0 bridgehead atoms. The maximum atomic E-state index is 5.92. The van der Waals surface area contributed by atoms with Crippen molar-refractivity contribution >= 4 is 11.6 Å². The topological polar surface area (TPSA) is 15.3 Å². The van der Waals surface area contributed by atoms with Crippen LogP contribution in [0, 0.1) is 5.41 Å². The van der Waals surface area contributed by atoms with E-state index in [1.165, 1.54) is 12.0 Å². The Morgan fingerprint density at radius 3 is 2.40 bits per heavy atom. The second kappa shape index (κ2) is 8.02. The number of hydrogen-bond donors (Lipinski definition) is 1. The third kappa shape index (κ3) is 5.82. The van der Waals surface area contributed by atoms with Gasteiger partial charge in [-0.25, -0.2) is 0 Å². The number of benzene rings is 1. The van der Waals surface area contributed by atoms with E-state index in [1.807, 2.05) is 12.1 Å². The Bertz CT molecular complexity index is 386. The molecule has 0 aliphatic rings. The number of hydrogen-bond acceptors (Lipinski definition) is 2. The molecule has 1 N–H and O–H groups in total. The monoisotopic (exact) mass is 296 g/mol. The predicted octanol–water partition coefficient (Wildman–Crippen LogP) is 4.19. The minimum Gasteiger partial charge on any atom is -0.314 e. The van der Waals surface area contributed by atoms with E-state index >= 15 is 0 Å². The van der Waals surface area contributed by atoms with Crippen molar-refractivity contribution in [2.24, 2.45) is 5.41 Å². The Morgan fingerprint density at radius 2 is 1.85 bits per heavy atom. The molecule has 20 heavy (non-hydrogen) atoms. The molecular weight excluding hydrogens is 268 g/mol. The van der Waals surface area contributed by atoms with Crippen LogP contribution < -0.4 is 5.32 Å². The summed E-state index contributed by atoms with van der Waals surface area (Å²) in [5, 5.41) is 4.41. The predicted molar refractivity (Wildman–Crippen MR) is 89.3 cm³/mol. The maximum absolute atomic E-state index is 5.92. The van der Waals surface area contributed by atoms with Gasteiger partial charge in [-0.1, -0.05) is 44.5 Å². The summed E-state index contributed by atoms with van der Waals surface area (Å²) in [7, 11) is 2.18. The fourth-order valence-electron chi connectivity index (χ4n) is 2.43. The summed E-state index contributed by atoms with van der Waals surface area (Å²) in [4.78, 5) is 2.38. The van der Waals surface area contributed by atoms with Crippen molar-refractivity contribution in [3.63, 3.8) is 0 Å². The third-order valence-electron chi connectivity index (χ3n) is 3.92. The van der Waals surface area contributed by atoms with Gasteiger partial charge in [-0.3, -0.25) is 0 Å². The van der Waals surface area contributed by atoms with Gasteiger partial charge in [-0.2, -0.15) is 0 Å². The van der Waals surface area contributed by atoms with Gasteiger partial charge in [0.25, 0.3) is 0 Å². The number of nitrogens with one attached hydrogen (secondary N) is 1. The largest absolute Gasteiger partial charge is 0.314 e. The molecule has 1 rings (SSSR count). The number of rotatable bonds is 8. The molecule has 114 valence electrons. The van der Waals surface area contributed by atoms with E-state index < -0.39 is 0 Å². The van der Waals surface area contributed by atoms with Crippen molar-refractivity contribution in [1.29, 1.82) is 0 Å². The molecule has 1 unspecified atom stereocenters. The minimum absolute atomic E-state index is 0.246. The van der Waals surface area contributed by atoms with Gasteiger partial charge in [-0.15, -0.1) is 0 Å². The van der Waals surface area contributed by atoms with Crippen LogP contribution in [0.2, 0.25) is 5.02 Å². The smallest absolute Gasteiger partial charge is 0.0406 e. The lowest BCUT2D eigenvalue weighted by molar-refractivity contribution is 0.160. The second-order valence-electron chi connectivity index (χ2n) is 6.46. The second-order valence-corrected chi connectivity index (χ2v) is 6.90. The molecule has 0 saturated carbocycles. The molecule has 0 aliphatic heterocycles. The molecule has 2 nitrogen and oxygen atoms in total. The Labute approximate surface area is 129 Å². The molecule has 0 radical (unpaired) electrons. The highest BCUT2D eigenvalue weighted by atomic mass is 35.5. The molecule has 1 aromatic carbocycles. The Morgan fingerprint density at radius 1 is 1.25 bits per heavy atom. The molecule has 0 heterocycles. The quantitative estimate of drug-likeness (QED) is 0.774. The summed E-state index contributed by atoms with van der Waals surface area (Å²) < 4.78 is 0. The van der Waals surface area contributed by atoms with Crippen LogP contribution in [0.4, 0.5) is 0 Å². The maximum Gasteiger partial charge on any atom is 0.0406 e. The zero-order chi connectivity index (χ0) is 15.2. The molecule has 3 heteroatoms. The standard InChI is InChI=1S/C17H29ClN2/c1-6-11-19-14(2)17(3,4)13-20(5)12-15-7-9-16(18)10-8-15/h7-10,14,19H,6,11-13H2,1-5H3. The van der Waals surface area contributed by atoms with Crippen molar-refractivity contribution < 1.29 is 0 Å². The zero-order valence-corrected chi connectivity index (χ0v) is 14.3. The van der Waals surface area contributed by atoms with Gasteiger partial charge in [0.05, 0.1) is 0 Å². The Hall–Kier alpha value is -0.570. The molecule has 0 fully saturated rings. The van der Waals surface area contributed by atoms with Crippen molar-refractivity contribution in [3.05, 3.63) is 34.9 Å². The Kier molecular flexibility index (Phi) is 7.01. The van der Waals surface area contributed by atoms with Crippen molar-refractivity contribution in [3.8, 4) is 0 Å². The highest BCUT2D eigenvalue weighted by molar-refractivity contribution is 6.30. The average molecular weight is 297 g/mol. The zero-order valence-electron chi connectivity index (χ0n) is 13.5. The average Bonchev–Trinajstić information content (AvgIpc) is 2.37. The van der Waals surface area contributed by atoms with Crippen LogP contribution in [0.1, 0.15) is 39.7 Å². The van der Waals surface area contributed by atoms with E-state index in [0.29, 0.717) is 6.04 Å². The molecule has 1 atom stereocenters. The highest BCUT2D eigenvalue weighted by Crippen LogP contribution is 2.22. The summed E-state index contributed by atoms with van der Waals surface area (Å²) in [6.45, 7) is 12.3. The van der Waals surface area contributed by atoms with Crippen molar-refractivity contribution in [2.45, 2.75) is 46.7 Å². The molecular formula is C17H29ClN2. The lowest BCUT2D eigenvalue weighted by atomic mass is 9.84. The third-order valence-corrected chi connectivity index (χ3v) is 4.17. The van der Waals surface area contributed by atoms with Gasteiger partial charge in [0.1, 0.15) is 0 Å².